The lowest BCUT2D eigenvalue weighted by atomic mass is 9.83. The van der Waals surface area contributed by atoms with E-state index in [0.717, 1.165) is 61.2 Å². The zero-order chi connectivity index (χ0) is 23.8. The Bertz CT molecular complexity index is 840. The molecule has 2 amide bonds. The molecule has 33 heavy (non-hydrogen) atoms. The summed E-state index contributed by atoms with van der Waals surface area (Å²) in [6.45, 7) is 2.96. The normalized spacial score (nSPS) is 19.8. The molecule has 0 bridgehead atoms. The number of nitrogens with zero attached hydrogens (tertiary/aromatic N) is 1. The van der Waals surface area contributed by atoms with Crippen LogP contribution < -0.4 is 10.1 Å². The molecule has 1 aliphatic heterocycles. The molecule has 182 valence electrons. The van der Waals surface area contributed by atoms with Crippen molar-refractivity contribution in [1.29, 1.82) is 0 Å². The van der Waals surface area contributed by atoms with Gasteiger partial charge in [-0.3, -0.25) is 9.59 Å². The molecule has 1 saturated heterocycles. The van der Waals surface area contributed by atoms with Crippen molar-refractivity contribution in [2.45, 2.75) is 76.8 Å². The number of hydrogen-bond donors (Lipinski definition) is 3. The van der Waals surface area contributed by atoms with Gasteiger partial charge in [-0.05, 0) is 67.9 Å². The van der Waals surface area contributed by atoms with Crippen LogP contribution in [-0.4, -0.2) is 58.8 Å². The van der Waals surface area contributed by atoms with E-state index in [2.05, 4.69) is 17.9 Å². The molecule has 3 rings (SSSR count). The Balaban J connectivity index is 1.70. The van der Waals surface area contributed by atoms with Gasteiger partial charge in [0.25, 0.3) is 0 Å². The molecule has 1 aliphatic carbocycles. The average molecular weight is 477 g/mol. The highest BCUT2D eigenvalue weighted by Gasteiger charge is 2.40. The van der Waals surface area contributed by atoms with Gasteiger partial charge in [-0.25, -0.2) is 4.79 Å². The van der Waals surface area contributed by atoms with Crippen molar-refractivity contribution in [3.8, 4) is 5.75 Å². The number of amides is 2. The summed E-state index contributed by atoms with van der Waals surface area (Å²) in [5.41, 5.74) is 1.82. The highest BCUT2D eigenvalue weighted by atomic mass is 32.1. The summed E-state index contributed by atoms with van der Waals surface area (Å²) in [4.78, 5) is 39.5. The molecule has 0 aromatic heterocycles. The van der Waals surface area contributed by atoms with Crippen molar-refractivity contribution in [3.63, 3.8) is 0 Å². The molecule has 8 heteroatoms. The molecule has 2 fully saturated rings. The smallest absolute Gasteiger partial charge is 0.326 e. The molecule has 2 N–H and O–H groups in total. The minimum atomic E-state index is -0.973. The van der Waals surface area contributed by atoms with E-state index in [4.69, 9.17) is 4.74 Å². The van der Waals surface area contributed by atoms with Crippen molar-refractivity contribution in [2.75, 3.05) is 18.9 Å². The van der Waals surface area contributed by atoms with Crippen molar-refractivity contribution >= 4 is 30.4 Å². The first kappa shape index (κ1) is 25.4. The van der Waals surface area contributed by atoms with Gasteiger partial charge in [-0.1, -0.05) is 31.4 Å². The van der Waals surface area contributed by atoms with Crippen molar-refractivity contribution in [3.05, 3.63) is 29.3 Å². The van der Waals surface area contributed by atoms with Crippen LogP contribution in [0.2, 0.25) is 0 Å². The van der Waals surface area contributed by atoms with Gasteiger partial charge >= 0.3 is 5.97 Å². The fourth-order valence-electron chi connectivity index (χ4n) is 4.88. The SMILES string of the molecule is Cc1ccc(CC(=O)N[C@H](C(=O)N2CCC[C@H]2C(=O)O)C2CCCCC2)cc1OCCCS. The Morgan fingerprint density at radius 3 is 2.64 bits per heavy atom. The van der Waals surface area contributed by atoms with E-state index in [9.17, 15) is 19.5 Å². The van der Waals surface area contributed by atoms with E-state index in [0.29, 0.717) is 26.0 Å². The number of carboxylic acids is 1. The van der Waals surface area contributed by atoms with Gasteiger partial charge in [-0.2, -0.15) is 12.6 Å². The summed E-state index contributed by atoms with van der Waals surface area (Å²) in [7, 11) is 0. The molecular weight excluding hydrogens is 440 g/mol. The second-order valence-corrected chi connectivity index (χ2v) is 9.62. The van der Waals surface area contributed by atoms with Crippen molar-refractivity contribution in [2.24, 2.45) is 5.92 Å². The molecule has 1 saturated carbocycles. The Labute approximate surface area is 201 Å². The maximum atomic E-state index is 13.4. The number of hydrogen-bond acceptors (Lipinski definition) is 5. The number of carbonyl (C=O) groups excluding carboxylic acids is 2. The van der Waals surface area contributed by atoms with Gasteiger partial charge in [0.05, 0.1) is 13.0 Å². The number of nitrogens with one attached hydrogen (secondary N) is 1. The number of benzene rings is 1. The first-order valence-electron chi connectivity index (χ1n) is 12.1. The zero-order valence-electron chi connectivity index (χ0n) is 19.4. The van der Waals surface area contributed by atoms with Gasteiger partial charge in [0.15, 0.2) is 0 Å². The fraction of sp³-hybridized carbons (Fsp3) is 0.640. The molecule has 1 aromatic carbocycles. The third-order valence-corrected chi connectivity index (χ3v) is 7.02. The van der Waals surface area contributed by atoms with E-state index < -0.39 is 18.1 Å². The number of carbonyl (C=O) groups is 3. The molecular formula is C25H36N2O5S. The first-order chi connectivity index (χ1) is 15.9. The van der Waals surface area contributed by atoms with Crippen LogP contribution in [0.15, 0.2) is 18.2 Å². The van der Waals surface area contributed by atoms with E-state index >= 15 is 0 Å². The third kappa shape index (κ3) is 6.88. The summed E-state index contributed by atoms with van der Waals surface area (Å²) in [6.07, 6.45) is 7.04. The summed E-state index contributed by atoms with van der Waals surface area (Å²) >= 11 is 4.20. The highest BCUT2D eigenvalue weighted by Crippen LogP contribution is 2.29. The molecule has 0 radical (unpaired) electrons. The molecule has 0 unspecified atom stereocenters. The summed E-state index contributed by atoms with van der Waals surface area (Å²) in [6, 6.07) is 4.25. The number of rotatable bonds is 10. The number of aryl methyl sites for hydroxylation is 1. The van der Waals surface area contributed by atoms with Crippen LogP contribution in [0.5, 0.6) is 5.75 Å². The molecule has 1 aromatic rings. The summed E-state index contributed by atoms with van der Waals surface area (Å²) in [5.74, 6) is 0.0960. The van der Waals surface area contributed by atoms with Crippen molar-refractivity contribution in [1.82, 2.24) is 10.2 Å². The third-order valence-electron chi connectivity index (χ3n) is 6.70. The number of thiol groups is 1. The number of carboxylic acid groups (broad SMARTS) is 1. The van der Waals surface area contributed by atoms with Gasteiger partial charge in [0.1, 0.15) is 17.8 Å². The van der Waals surface area contributed by atoms with E-state index in [-0.39, 0.29) is 24.2 Å². The lowest BCUT2D eigenvalue weighted by Gasteiger charge is -2.34. The van der Waals surface area contributed by atoms with E-state index in [1.807, 2.05) is 25.1 Å². The molecule has 0 spiro atoms. The molecule has 7 nitrogen and oxygen atoms in total. The summed E-state index contributed by atoms with van der Waals surface area (Å²) < 4.78 is 5.82. The number of likely N-dealkylation sites (tertiary alicyclic amines) is 1. The minimum absolute atomic E-state index is 0.0448. The predicted molar refractivity (Wildman–Crippen MR) is 130 cm³/mol. The van der Waals surface area contributed by atoms with Gasteiger partial charge in [-0.15, -0.1) is 0 Å². The van der Waals surface area contributed by atoms with Crippen LogP contribution in [0.3, 0.4) is 0 Å². The quantitative estimate of drug-likeness (QED) is 0.355. The average Bonchev–Trinajstić information content (AvgIpc) is 3.30. The molecule has 2 atom stereocenters. The lowest BCUT2D eigenvalue weighted by molar-refractivity contribution is -0.150. The van der Waals surface area contributed by atoms with Gasteiger partial charge < -0.3 is 20.1 Å². The Hall–Kier alpha value is -2.22. The zero-order valence-corrected chi connectivity index (χ0v) is 20.3. The lowest BCUT2D eigenvalue weighted by Crippen LogP contribution is -2.55. The Morgan fingerprint density at radius 2 is 1.94 bits per heavy atom. The van der Waals surface area contributed by atoms with Gasteiger partial charge in [0.2, 0.25) is 11.8 Å². The second-order valence-electron chi connectivity index (χ2n) is 9.17. The van der Waals surface area contributed by atoms with Crippen LogP contribution in [-0.2, 0) is 20.8 Å². The monoisotopic (exact) mass is 476 g/mol. The maximum Gasteiger partial charge on any atom is 0.326 e. The van der Waals surface area contributed by atoms with Crippen LogP contribution in [0.25, 0.3) is 0 Å². The first-order valence-corrected chi connectivity index (χ1v) is 12.7. The van der Waals surface area contributed by atoms with Crippen LogP contribution in [0, 0.1) is 12.8 Å². The molecule has 2 aliphatic rings. The predicted octanol–water partition coefficient (Wildman–Crippen LogP) is 3.38. The Kier molecular flexibility index (Phi) is 9.47. The summed E-state index contributed by atoms with van der Waals surface area (Å²) in [5, 5.41) is 12.5. The standard InChI is InChI=1S/C25H36N2O5S/c1-17-10-11-18(15-21(17)32-13-6-14-33)16-22(28)26-23(19-7-3-2-4-8-19)24(29)27-12-5-9-20(27)25(30)31/h10-11,15,19-20,23,33H,2-9,12-14,16H2,1H3,(H,26,28)(H,30,31)/t20-,23-/m0/s1. The Morgan fingerprint density at radius 1 is 1.18 bits per heavy atom. The minimum Gasteiger partial charge on any atom is -0.493 e. The number of ether oxygens (including phenoxy) is 1. The second kappa shape index (κ2) is 12.3. The van der Waals surface area contributed by atoms with E-state index in [1.165, 1.54) is 4.90 Å². The van der Waals surface area contributed by atoms with Crippen LogP contribution >= 0.6 is 12.6 Å². The maximum absolute atomic E-state index is 13.4. The van der Waals surface area contributed by atoms with Crippen LogP contribution in [0.1, 0.15) is 62.5 Å². The van der Waals surface area contributed by atoms with Gasteiger partial charge in [0, 0.05) is 6.54 Å². The van der Waals surface area contributed by atoms with E-state index in [1.54, 1.807) is 0 Å². The van der Waals surface area contributed by atoms with Crippen molar-refractivity contribution < 1.29 is 24.2 Å². The highest BCUT2D eigenvalue weighted by molar-refractivity contribution is 7.80. The van der Waals surface area contributed by atoms with Crippen LogP contribution in [0.4, 0.5) is 0 Å². The molecule has 1 heterocycles. The fourth-order valence-corrected chi connectivity index (χ4v) is 5.01. The topological polar surface area (TPSA) is 95.9 Å². The number of aliphatic carboxylic acids is 1. The largest absolute Gasteiger partial charge is 0.493 e.